The molecule has 1 aliphatic carbocycles. The van der Waals surface area contributed by atoms with Crippen LogP contribution in [0.3, 0.4) is 0 Å². The van der Waals surface area contributed by atoms with E-state index in [9.17, 15) is 9.35 Å². The largest absolute Gasteiger partial charge is 0.612 e. The number of pyridine rings is 1. The van der Waals surface area contributed by atoms with E-state index >= 15 is 0 Å². The van der Waals surface area contributed by atoms with Gasteiger partial charge in [-0.25, -0.2) is 9.97 Å². The summed E-state index contributed by atoms with van der Waals surface area (Å²) in [5.74, 6) is 1.29. The molecular weight excluding hydrogens is 350 g/mol. The summed E-state index contributed by atoms with van der Waals surface area (Å²) in [6.07, 6.45) is 3.50. The Morgan fingerprint density at radius 2 is 2.04 bits per heavy atom. The average Bonchev–Trinajstić information content (AvgIpc) is 3.37. The Balaban J connectivity index is 1.74. The van der Waals surface area contributed by atoms with Crippen molar-refractivity contribution in [1.29, 1.82) is 0 Å². The lowest BCUT2D eigenvalue weighted by Gasteiger charge is -2.13. The topological polar surface area (TPSA) is 106 Å². The molecule has 7 nitrogen and oxygen atoms in total. The summed E-state index contributed by atoms with van der Waals surface area (Å²) in [6.45, 7) is 1.85. The lowest BCUT2D eigenvalue weighted by Crippen LogP contribution is -2.14. The molecule has 1 amide bonds. The van der Waals surface area contributed by atoms with Gasteiger partial charge < -0.3 is 20.2 Å². The maximum atomic E-state index is 12.1. The molecule has 1 unspecified atom stereocenters. The number of amides is 1. The molecule has 1 atom stereocenters. The highest BCUT2D eigenvalue weighted by atomic mass is 32.2. The van der Waals surface area contributed by atoms with Crippen molar-refractivity contribution in [3.63, 3.8) is 0 Å². The van der Waals surface area contributed by atoms with Crippen LogP contribution in [-0.4, -0.2) is 31.7 Å². The number of hydrogen-bond acceptors (Lipinski definition) is 5. The lowest BCUT2D eigenvalue weighted by atomic mass is 10.2. The third-order valence-electron chi connectivity index (χ3n) is 4.24. The zero-order valence-corrected chi connectivity index (χ0v) is 15.3. The van der Waals surface area contributed by atoms with Crippen LogP contribution in [0.1, 0.15) is 18.7 Å². The van der Waals surface area contributed by atoms with E-state index in [0.717, 1.165) is 24.4 Å². The van der Waals surface area contributed by atoms with Gasteiger partial charge in [-0.05, 0) is 43.1 Å². The van der Waals surface area contributed by atoms with Crippen molar-refractivity contribution in [2.24, 2.45) is 5.92 Å². The van der Waals surface area contributed by atoms with Crippen LogP contribution in [-0.2, 0) is 16.0 Å². The summed E-state index contributed by atoms with van der Waals surface area (Å²) >= 11 is -1.13. The van der Waals surface area contributed by atoms with Crippen LogP contribution in [0.5, 0.6) is 0 Å². The van der Waals surface area contributed by atoms with Gasteiger partial charge in [0.15, 0.2) is 10.5 Å². The Kier molecular flexibility index (Phi) is 4.29. The Hall–Kier alpha value is -2.58. The third-order valence-corrected chi connectivity index (χ3v) is 5.21. The van der Waals surface area contributed by atoms with Crippen LogP contribution < -0.4 is 10.6 Å². The number of imidazole rings is 1. The highest BCUT2D eigenvalue weighted by Crippen LogP contribution is 2.32. The van der Waals surface area contributed by atoms with E-state index in [0.29, 0.717) is 27.6 Å². The number of anilines is 3. The third kappa shape index (κ3) is 3.38. The average molecular weight is 369 g/mol. The zero-order valence-electron chi connectivity index (χ0n) is 14.5. The fourth-order valence-corrected chi connectivity index (χ4v) is 3.50. The van der Waals surface area contributed by atoms with E-state index < -0.39 is 11.2 Å². The Morgan fingerprint density at radius 1 is 1.27 bits per heavy atom. The van der Waals surface area contributed by atoms with E-state index in [1.54, 1.807) is 12.3 Å². The summed E-state index contributed by atoms with van der Waals surface area (Å²) in [5, 5.41) is 6.17. The van der Waals surface area contributed by atoms with E-state index in [2.05, 4.69) is 25.6 Å². The molecule has 4 rings (SSSR count). The minimum absolute atomic E-state index is 0.00546. The van der Waals surface area contributed by atoms with Gasteiger partial charge in [-0.2, -0.15) is 0 Å². The number of para-hydroxylation sites is 1. The predicted molar refractivity (Wildman–Crippen MR) is 102 cm³/mol. The first-order valence-corrected chi connectivity index (χ1v) is 9.95. The summed E-state index contributed by atoms with van der Waals surface area (Å²) in [5.41, 5.74) is 2.70. The van der Waals surface area contributed by atoms with Gasteiger partial charge in [0.05, 0.1) is 11.4 Å². The molecule has 2 aromatic heterocycles. The van der Waals surface area contributed by atoms with Crippen molar-refractivity contribution in [2.75, 3.05) is 16.9 Å². The van der Waals surface area contributed by atoms with Gasteiger partial charge in [0.1, 0.15) is 23.4 Å². The minimum atomic E-state index is -1.13. The molecule has 26 heavy (non-hydrogen) atoms. The van der Waals surface area contributed by atoms with Crippen LogP contribution in [0, 0.1) is 12.8 Å². The van der Waals surface area contributed by atoms with Gasteiger partial charge in [0, 0.05) is 12.0 Å². The normalized spacial score (nSPS) is 15.0. The number of nitrogens with zero attached hydrogens (tertiary/aromatic N) is 2. The number of hydrogen-bond donors (Lipinski definition) is 3. The first-order chi connectivity index (χ1) is 12.5. The van der Waals surface area contributed by atoms with Crippen LogP contribution >= 0.6 is 0 Å². The SMILES string of the molecule is Cc1nc2c(Nc3ccccc3[S+](C)[O-])cc(NC(=O)C3CC3)nc2[nH]1. The second kappa shape index (κ2) is 6.62. The fourth-order valence-electron chi connectivity index (χ4n) is 2.80. The van der Waals surface area contributed by atoms with Gasteiger partial charge in [0.25, 0.3) is 0 Å². The number of carbonyl (C=O) groups excluding carboxylic acids is 1. The van der Waals surface area contributed by atoms with Crippen molar-refractivity contribution < 1.29 is 9.35 Å². The Morgan fingerprint density at radius 3 is 2.77 bits per heavy atom. The molecular formula is C18H19N5O2S. The molecule has 0 aliphatic heterocycles. The van der Waals surface area contributed by atoms with Crippen molar-refractivity contribution in [2.45, 2.75) is 24.7 Å². The van der Waals surface area contributed by atoms with Gasteiger partial charge >= 0.3 is 0 Å². The van der Waals surface area contributed by atoms with Crippen molar-refractivity contribution in [1.82, 2.24) is 15.0 Å². The molecule has 1 aliphatic rings. The fraction of sp³-hybridized carbons (Fsp3) is 0.278. The number of aromatic nitrogens is 3. The Labute approximate surface area is 153 Å². The summed E-state index contributed by atoms with van der Waals surface area (Å²) < 4.78 is 12.0. The molecule has 3 aromatic rings. The maximum absolute atomic E-state index is 12.1. The first-order valence-electron chi connectivity index (χ1n) is 8.39. The second-order valence-electron chi connectivity index (χ2n) is 6.41. The summed E-state index contributed by atoms with van der Waals surface area (Å²) in [6, 6.07) is 9.18. The number of carbonyl (C=O) groups is 1. The first kappa shape index (κ1) is 16.9. The number of rotatable bonds is 5. The predicted octanol–water partition coefficient (Wildman–Crippen LogP) is 3.10. The molecule has 0 radical (unpaired) electrons. The van der Waals surface area contributed by atoms with E-state index in [4.69, 9.17) is 0 Å². The van der Waals surface area contributed by atoms with Crippen LogP contribution in [0.15, 0.2) is 35.2 Å². The molecule has 0 saturated heterocycles. The lowest BCUT2D eigenvalue weighted by molar-refractivity contribution is -0.117. The van der Waals surface area contributed by atoms with Crippen molar-refractivity contribution in [3.05, 3.63) is 36.2 Å². The number of benzene rings is 1. The number of aromatic amines is 1. The molecule has 8 heteroatoms. The Bertz CT molecular complexity index is 981. The molecule has 1 aromatic carbocycles. The van der Waals surface area contributed by atoms with Gasteiger partial charge in [-0.1, -0.05) is 12.1 Å². The molecule has 2 heterocycles. The van der Waals surface area contributed by atoms with Crippen molar-refractivity contribution in [3.8, 4) is 0 Å². The van der Waals surface area contributed by atoms with Crippen LogP contribution in [0.25, 0.3) is 11.2 Å². The summed E-state index contributed by atoms with van der Waals surface area (Å²) in [4.78, 5) is 24.8. The molecule has 3 N–H and O–H groups in total. The molecule has 0 bridgehead atoms. The number of fused-ring (bicyclic) bond motifs is 1. The quantitative estimate of drug-likeness (QED) is 0.599. The number of aryl methyl sites for hydroxylation is 1. The van der Waals surface area contributed by atoms with Gasteiger partial charge in [0.2, 0.25) is 5.91 Å². The van der Waals surface area contributed by atoms with Crippen LogP contribution in [0.4, 0.5) is 17.2 Å². The molecule has 1 fully saturated rings. The van der Waals surface area contributed by atoms with E-state index in [-0.39, 0.29) is 11.8 Å². The van der Waals surface area contributed by atoms with E-state index in [1.165, 1.54) is 0 Å². The van der Waals surface area contributed by atoms with Crippen molar-refractivity contribution >= 4 is 45.4 Å². The molecule has 134 valence electrons. The highest BCUT2D eigenvalue weighted by molar-refractivity contribution is 7.90. The standard InChI is InChI=1S/C18H19N5O2S/c1-10-19-16-13(21-12-5-3-4-6-14(12)26(2)25)9-15(22-17(16)20-10)23-18(24)11-7-8-11/h3-6,9,11H,7-8H2,1-2H3,(H3,19,20,21,22,23,24). The monoisotopic (exact) mass is 369 g/mol. The maximum Gasteiger partial charge on any atom is 0.228 e. The highest BCUT2D eigenvalue weighted by Gasteiger charge is 2.30. The number of nitrogens with one attached hydrogen (secondary N) is 3. The zero-order chi connectivity index (χ0) is 18.3. The summed E-state index contributed by atoms with van der Waals surface area (Å²) in [7, 11) is 0. The van der Waals surface area contributed by atoms with Crippen LogP contribution in [0.2, 0.25) is 0 Å². The van der Waals surface area contributed by atoms with Gasteiger partial charge in [-0.15, -0.1) is 0 Å². The molecule has 1 saturated carbocycles. The smallest absolute Gasteiger partial charge is 0.228 e. The second-order valence-corrected chi connectivity index (χ2v) is 7.76. The minimum Gasteiger partial charge on any atom is -0.612 e. The van der Waals surface area contributed by atoms with E-state index in [1.807, 2.05) is 31.2 Å². The number of H-pyrrole nitrogens is 1. The van der Waals surface area contributed by atoms with Gasteiger partial charge in [-0.3, -0.25) is 4.79 Å². The molecule has 0 spiro atoms.